The molecule has 0 amide bonds. The molecule has 6 heteroatoms. The van der Waals surface area contributed by atoms with Gasteiger partial charge in [0.1, 0.15) is 23.3 Å². The van der Waals surface area contributed by atoms with Crippen LogP contribution in [0.15, 0.2) is 28.9 Å². The van der Waals surface area contributed by atoms with E-state index in [0.717, 1.165) is 22.6 Å². The van der Waals surface area contributed by atoms with Gasteiger partial charge in [0, 0.05) is 19.6 Å². The smallest absolute Gasteiger partial charge is 0.147 e. The van der Waals surface area contributed by atoms with E-state index in [0.29, 0.717) is 17.8 Å². The lowest BCUT2D eigenvalue weighted by Crippen LogP contribution is -2.21. The van der Waals surface area contributed by atoms with Crippen molar-refractivity contribution in [1.82, 2.24) is 14.9 Å². The molecular weight excluding hydrogens is 354 g/mol. The molecule has 1 aromatic carbocycles. The maximum absolute atomic E-state index is 5.95. The van der Waals surface area contributed by atoms with E-state index >= 15 is 0 Å². The van der Waals surface area contributed by atoms with Crippen LogP contribution in [0.5, 0.6) is 5.75 Å². The highest BCUT2D eigenvalue weighted by Crippen LogP contribution is 2.27. The van der Waals surface area contributed by atoms with Gasteiger partial charge in [-0.15, -0.1) is 0 Å². The summed E-state index contributed by atoms with van der Waals surface area (Å²) in [5.41, 5.74) is 1.21. The number of ether oxygens (including phenoxy) is 1. The van der Waals surface area contributed by atoms with E-state index in [9.17, 15) is 0 Å². The fraction of sp³-hybridized carbons (Fsp3) is 0.400. The van der Waals surface area contributed by atoms with Crippen molar-refractivity contribution >= 4 is 27.5 Å². The first-order valence-electron chi connectivity index (χ1n) is 6.78. The highest BCUT2D eigenvalue weighted by molar-refractivity contribution is 9.10. The Morgan fingerprint density at radius 2 is 2.19 bits per heavy atom. The summed E-state index contributed by atoms with van der Waals surface area (Å²) in [5.74, 6) is 1.58. The SMILES string of the molecule is CC(C)NCc1ccc(OCc2ncc(Cl)n2C)c(Br)c1. The predicted octanol–water partition coefficient (Wildman–Crippen LogP) is 3.91. The van der Waals surface area contributed by atoms with Crippen LogP contribution in [-0.2, 0) is 20.2 Å². The number of hydrogen-bond donors (Lipinski definition) is 1. The molecular formula is C15H19BrClN3O. The predicted molar refractivity (Wildman–Crippen MR) is 88.7 cm³/mol. The molecule has 2 rings (SSSR count). The van der Waals surface area contributed by atoms with Gasteiger partial charge in [-0.2, -0.15) is 0 Å². The first kappa shape index (κ1) is 16.3. The fourth-order valence-corrected chi connectivity index (χ4v) is 2.48. The lowest BCUT2D eigenvalue weighted by molar-refractivity contribution is 0.290. The van der Waals surface area contributed by atoms with Crippen LogP contribution < -0.4 is 10.1 Å². The summed E-state index contributed by atoms with van der Waals surface area (Å²) in [7, 11) is 1.86. The Bertz CT molecular complexity index is 613. The second-order valence-electron chi connectivity index (χ2n) is 5.15. The third kappa shape index (κ3) is 4.46. The van der Waals surface area contributed by atoms with Gasteiger partial charge in [0.05, 0.1) is 10.7 Å². The molecule has 0 unspecified atom stereocenters. The quantitative estimate of drug-likeness (QED) is 0.835. The number of nitrogens with zero attached hydrogens (tertiary/aromatic N) is 2. The molecule has 21 heavy (non-hydrogen) atoms. The standard InChI is InChI=1S/C15H19BrClN3O/c1-10(2)18-7-11-4-5-13(12(16)6-11)21-9-15-19-8-14(17)20(15)3/h4-6,8,10,18H,7,9H2,1-3H3. The number of imidazole rings is 1. The van der Waals surface area contributed by atoms with E-state index in [1.165, 1.54) is 5.56 Å². The molecule has 1 aromatic heterocycles. The minimum Gasteiger partial charge on any atom is -0.484 e. The van der Waals surface area contributed by atoms with Crippen LogP contribution in [0.3, 0.4) is 0 Å². The lowest BCUT2D eigenvalue weighted by Gasteiger charge is -2.11. The number of hydrogen-bond acceptors (Lipinski definition) is 3. The van der Waals surface area contributed by atoms with Crippen molar-refractivity contribution < 1.29 is 4.74 Å². The first-order valence-corrected chi connectivity index (χ1v) is 7.95. The molecule has 0 fully saturated rings. The topological polar surface area (TPSA) is 39.1 Å². The fourth-order valence-electron chi connectivity index (χ4n) is 1.79. The van der Waals surface area contributed by atoms with Crippen LogP contribution in [0.4, 0.5) is 0 Å². The van der Waals surface area contributed by atoms with Gasteiger partial charge >= 0.3 is 0 Å². The van der Waals surface area contributed by atoms with Crippen LogP contribution in [-0.4, -0.2) is 15.6 Å². The normalized spacial score (nSPS) is 11.1. The summed E-state index contributed by atoms with van der Waals surface area (Å²) >= 11 is 9.50. The Morgan fingerprint density at radius 3 is 2.76 bits per heavy atom. The number of halogens is 2. The third-order valence-corrected chi connectivity index (χ3v) is 4.07. The zero-order valence-corrected chi connectivity index (χ0v) is 14.7. The van der Waals surface area contributed by atoms with Crippen molar-refractivity contribution in [3.05, 3.63) is 45.4 Å². The molecule has 2 aromatic rings. The minimum absolute atomic E-state index is 0.380. The summed E-state index contributed by atoms with van der Waals surface area (Å²) in [4.78, 5) is 4.21. The molecule has 0 bridgehead atoms. The van der Waals surface area contributed by atoms with Gasteiger partial charge in [0.15, 0.2) is 0 Å². The van der Waals surface area contributed by atoms with Crippen molar-refractivity contribution in [2.24, 2.45) is 7.05 Å². The Hall–Kier alpha value is -1.04. The van der Waals surface area contributed by atoms with Crippen molar-refractivity contribution in [2.45, 2.75) is 33.0 Å². The molecule has 0 spiro atoms. The van der Waals surface area contributed by atoms with Gasteiger partial charge in [-0.3, -0.25) is 0 Å². The Morgan fingerprint density at radius 1 is 1.43 bits per heavy atom. The van der Waals surface area contributed by atoms with Gasteiger partial charge in [-0.05, 0) is 33.6 Å². The Labute approximate surface area is 138 Å². The monoisotopic (exact) mass is 371 g/mol. The van der Waals surface area contributed by atoms with E-state index < -0.39 is 0 Å². The molecule has 0 saturated carbocycles. The van der Waals surface area contributed by atoms with Crippen LogP contribution in [0, 0.1) is 0 Å². The molecule has 0 aliphatic carbocycles. The molecule has 1 heterocycles. The zero-order chi connectivity index (χ0) is 15.4. The molecule has 0 aliphatic rings. The highest BCUT2D eigenvalue weighted by atomic mass is 79.9. The summed E-state index contributed by atoms with van der Waals surface area (Å²) in [6, 6.07) is 6.55. The van der Waals surface area contributed by atoms with E-state index in [4.69, 9.17) is 16.3 Å². The second-order valence-corrected chi connectivity index (χ2v) is 6.39. The van der Waals surface area contributed by atoms with Crippen molar-refractivity contribution in [3.8, 4) is 5.75 Å². The molecule has 4 nitrogen and oxygen atoms in total. The summed E-state index contributed by atoms with van der Waals surface area (Å²) < 4.78 is 8.53. The van der Waals surface area contributed by atoms with E-state index in [-0.39, 0.29) is 0 Å². The van der Waals surface area contributed by atoms with Crippen LogP contribution in [0.25, 0.3) is 0 Å². The number of rotatable bonds is 6. The molecule has 0 atom stereocenters. The average Bonchev–Trinajstić information content (AvgIpc) is 2.75. The molecule has 1 N–H and O–H groups in total. The van der Waals surface area contributed by atoms with Gasteiger partial charge in [0.2, 0.25) is 0 Å². The van der Waals surface area contributed by atoms with Crippen LogP contribution >= 0.6 is 27.5 Å². The van der Waals surface area contributed by atoms with Crippen molar-refractivity contribution in [2.75, 3.05) is 0 Å². The first-order chi connectivity index (χ1) is 9.97. The van der Waals surface area contributed by atoms with Crippen molar-refractivity contribution in [3.63, 3.8) is 0 Å². The average molecular weight is 373 g/mol. The molecule has 114 valence electrons. The summed E-state index contributed by atoms with van der Waals surface area (Å²) in [6.45, 7) is 5.48. The minimum atomic E-state index is 0.380. The summed E-state index contributed by atoms with van der Waals surface area (Å²) in [6.07, 6.45) is 1.62. The Balaban J connectivity index is 1.99. The molecule has 0 aliphatic heterocycles. The van der Waals surface area contributed by atoms with Crippen LogP contribution in [0.1, 0.15) is 25.2 Å². The van der Waals surface area contributed by atoms with Gasteiger partial charge in [-0.25, -0.2) is 4.98 Å². The number of aromatic nitrogens is 2. The maximum Gasteiger partial charge on any atom is 0.147 e. The zero-order valence-electron chi connectivity index (χ0n) is 12.4. The van der Waals surface area contributed by atoms with E-state index in [1.807, 2.05) is 13.1 Å². The van der Waals surface area contributed by atoms with Crippen LogP contribution in [0.2, 0.25) is 5.15 Å². The van der Waals surface area contributed by atoms with Gasteiger partial charge in [-0.1, -0.05) is 31.5 Å². The maximum atomic E-state index is 5.95. The molecule has 0 radical (unpaired) electrons. The number of benzene rings is 1. The van der Waals surface area contributed by atoms with E-state index in [1.54, 1.807) is 10.8 Å². The van der Waals surface area contributed by atoms with Crippen molar-refractivity contribution in [1.29, 1.82) is 0 Å². The van der Waals surface area contributed by atoms with Gasteiger partial charge < -0.3 is 14.6 Å². The second kappa shape index (κ2) is 7.29. The van der Waals surface area contributed by atoms with Gasteiger partial charge in [0.25, 0.3) is 0 Å². The molecule has 0 saturated heterocycles. The van der Waals surface area contributed by atoms with E-state index in [2.05, 4.69) is 52.2 Å². The highest BCUT2D eigenvalue weighted by Gasteiger charge is 2.08. The Kier molecular flexibility index (Phi) is 5.67. The third-order valence-electron chi connectivity index (χ3n) is 3.10. The lowest BCUT2D eigenvalue weighted by atomic mass is 10.2. The summed E-state index contributed by atoms with van der Waals surface area (Å²) in [5, 5.41) is 3.99. The number of nitrogens with one attached hydrogen (secondary N) is 1. The largest absolute Gasteiger partial charge is 0.484 e.